The Kier molecular flexibility index (Phi) is 27.9. The standard InChI is InChI=1S/C31H62N2O6S/c1-4-26(10-8-20-32)16-17-28(35)12-7-15-31(36)39-29(18-19-30(5-2)40-25-21-33)14-6-11-27(34)13-9-22-38-24-23-37-3/h26,28-30,35H,4-25,32-33H2,1-3H3. The zero-order valence-corrected chi connectivity index (χ0v) is 26.7. The minimum Gasteiger partial charge on any atom is -0.462 e. The van der Waals surface area contributed by atoms with E-state index in [4.69, 9.17) is 25.7 Å². The van der Waals surface area contributed by atoms with E-state index in [1.54, 1.807) is 7.11 Å². The van der Waals surface area contributed by atoms with Gasteiger partial charge in [0.05, 0.1) is 19.3 Å². The molecule has 0 aromatic heterocycles. The highest BCUT2D eigenvalue weighted by Gasteiger charge is 2.18. The molecular weight excluding hydrogens is 528 g/mol. The number of Topliss-reactive ketones (excluding diaryl/α,β-unsaturated/α-hetero) is 1. The summed E-state index contributed by atoms with van der Waals surface area (Å²) in [6.07, 6.45) is 12.0. The lowest BCUT2D eigenvalue weighted by Crippen LogP contribution is -2.21. The third-order valence-corrected chi connectivity index (χ3v) is 8.93. The van der Waals surface area contributed by atoms with Crippen molar-refractivity contribution in [1.29, 1.82) is 0 Å². The third kappa shape index (κ3) is 23.9. The lowest BCUT2D eigenvalue weighted by molar-refractivity contribution is -0.150. The van der Waals surface area contributed by atoms with Gasteiger partial charge in [-0.2, -0.15) is 11.8 Å². The van der Waals surface area contributed by atoms with E-state index >= 15 is 0 Å². The molecule has 0 radical (unpaired) electrons. The van der Waals surface area contributed by atoms with Crippen LogP contribution in [0.25, 0.3) is 0 Å². The Labute approximate surface area is 249 Å². The van der Waals surface area contributed by atoms with Crippen LogP contribution >= 0.6 is 11.8 Å². The Morgan fingerprint density at radius 2 is 1.52 bits per heavy atom. The molecule has 0 fully saturated rings. The van der Waals surface area contributed by atoms with Gasteiger partial charge in [-0.15, -0.1) is 0 Å². The number of hydrogen-bond donors (Lipinski definition) is 3. The van der Waals surface area contributed by atoms with Gasteiger partial charge in [-0.1, -0.05) is 20.3 Å². The highest BCUT2D eigenvalue weighted by atomic mass is 32.2. The molecule has 4 atom stereocenters. The van der Waals surface area contributed by atoms with Crippen molar-refractivity contribution in [1.82, 2.24) is 0 Å². The largest absolute Gasteiger partial charge is 0.462 e. The number of carbonyl (C=O) groups is 2. The van der Waals surface area contributed by atoms with E-state index in [0.717, 1.165) is 76.5 Å². The van der Waals surface area contributed by atoms with Crippen molar-refractivity contribution in [3.63, 3.8) is 0 Å². The Hall–Kier alpha value is -0.710. The van der Waals surface area contributed by atoms with Crippen LogP contribution in [0.1, 0.15) is 117 Å². The fraction of sp³-hybridized carbons (Fsp3) is 0.935. The Balaban J connectivity index is 4.53. The highest BCUT2D eigenvalue weighted by molar-refractivity contribution is 7.99. The van der Waals surface area contributed by atoms with Gasteiger partial charge in [0.15, 0.2) is 0 Å². The van der Waals surface area contributed by atoms with E-state index in [1.165, 1.54) is 0 Å². The fourth-order valence-electron chi connectivity index (χ4n) is 4.80. The van der Waals surface area contributed by atoms with Crippen LogP contribution in [0.5, 0.6) is 0 Å². The summed E-state index contributed by atoms with van der Waals surface area (Å²) in [6.45, 7) is 7.43. The van der Waals surface area contributed by atoms with Crippen LogP contribution in [0.2, 0.25) is 0 Å². The van der Waals surface area contributed by atoms with E-state index in [1.807, 2.05) is 11.8 Å². The van der Waals surface area contributed by atoms with E-state index in [0.29, 0.717) is 76.1 Å². The zero-order chi connectivity index (χ0) is 29.8. The predicted molar refractivity (Wildman–Crippen MR) is 167 cm³/mol. The zero-order valence-electron chi connectivity index (χ0n) is 25.9. The average molecular weight is 591 g/mol. The second-order valence-corrected chi connectivity index (χ2v) is 12.3. The molecule has 0 aliphatic heterocycles. The van der Waals surface area contributed by atoms with Gasteiger partial charge in [-0.25, -0.2) is 0 Å². The summed E-state index contributed by atoms with van der Waals surface area (Å²) in [4.78, 5) is 25.0. The second-order valence-electron chi connectivity index (χ2n) is 10.8. The molecule has 4 unspecified atom stereocenters. The average Bonchev–Trinajstić information content (AvgIpc) is 2.94. The van der Waals surface area contributed by atoms with E-state index < -0.39 is 0 Å². The van der Waals surface area contributed by atoms with Crippen molar-refractivity contribution in [3.05, 3.63) is 0 Å². The molecule has 0 saturated carbocycles. The van der Waals surface area contributed by atoms with Crippen LogP contribution in [0, 0.1) is 5.92 Å². The van der Waals surface area contributed by atoms with Crippen LogP contribution in [0.4, 0.5) is 0 Å². The molecule has 0 aliphatic carbocycles. The molecule has 8 nitrogen and oxygen atoms in total. The number of carbonyl (C=O) groups excluding carboxylic acids is 2. The van der Waals surface area contributed by atoms with Gasteiger partial charge < -0.3 is 30.8 Å². The molecule has 0 aromatic rings. The molecule has 0 heterocycles. The first-order valence-corrected chi connectivity index (χ1v) is 16.9. The lowest BCUT2D eigenvalue weighted by Gasteiger charge is -2.21. The first kappa shape index (κ1) is 39.3. The van der Waals surface area contributed by atoms with Crippen molar-refractivity contribution in [2.45, 2.75) is 134 Å². The Morgan fingerprint density at radius 1 is 0.775 bits per heavy atom. The lowest BCUT2D eigenvalue weighted by atomic mass is 9.92. The minimum absolute atomic E-state index is 0.178. The summed E-state index contributed by atoms with van der Waals surface area (Å²) in [6, 6.07) is 0. The smallest absolute Gasteiger partial charge is 0.306 e. The first-order chi connectivity index (χ1) is 19.4. The molecule has 9 heteroatoms. The normalized spacial score (nSPS) is 14.6. The molecule has 0 aromatic carbocycles. The van der Waals surface area contributed by atoms with Crippen LogP contribution in [-0.4, -0.2) is 80.1 Å². The van der Waals surface area contributed by atoms with E-state index in [9.17, 15) is 14.7 Å². The summed E-state index contributed by atoms with van der Waals surface area (Å²) in [7, 11) is 1.64. The van der Waals surface area contributed by atoms with Gasteiger partial charge in [-0.3, -0.25) is 9.59 Å². The third-order valence-electron chi connectivity index (χ3n) is 7.41. The summed E-state index contributed by atoms with van der Waals surface area (Å²) < 4.78 is 16.3. The Morgan fingerprint density at radius 3 is 2.20 bits per heavy atom. The van der Waals surface area contributed by atoms with Crippen LogP contribution in [0.3, 0.4) is 0 Å². The van der Waals surface area contributed by atoms with Crippen LogP contribution in [-0.2, 0) is 23.8 Å². The summed E-state index contributed by atoms with van der Waals surface area (Å²) in [5, 5.41) is 10.9. The van der Waals surface area contributed by atoms with Crippen molar-refractivity contribution >= 4 is 23.5 Å². The second kappa shape index (κ2) is 28.4. The molecule has 0 saturated heterocycles. The first-order valence-electron chi connectivity index (χ1n) is 15.9. The number of methoxy groups -OCH3 is 1. The van der Waals surface area contributed by atoms with Crippen LogP contribution < -0.4 is 11.5 Å². The summed E-state index contributed by atoms with van der Waals surface area (Å²) >= 11 is 1.88. The quantitative estimate of drug-likeness (QED) is 0.0741. The predicted octanol–water partition coefficient (Wildman–Crippen LogP) is 5.41. The maximum absolute atomic E-state index is 12.7. The molecule has 0 bridgehead atoms. The van der Waals surface area contributed by atoms with Crippen molar-refractivity contribution < 1.29 is 28.9 Å². The number of ether oxygens (including phenoxy) is 3. The van der Waals surface area contributed by atoms with Gasteiger partial charge >= 0.3 is 5.97 Å². The van der Waals surface area contributed by atoms with Gasteiger partial charge in [0, 0.05) is 50.5 Å². The summed E-state index contributed by atoms with van der Waals surface area (Å²) in [5.74, 6) is 1.57. The maximum Gasteiger partial charge on any atom is 0.306 e. The number of hydrogen-bond acceptors (Lipinski definition) is 9. The molecular formula is C31H62N2O6S. The van der Waals surface area contributed by atoms with Crippen LogP contribution in [0.15, 0.2) is 0 Å². The van der Waals surface area contributed by atoms with Gasteiger partial charge in [-0.05, 0) is 89.5 Å². The van der Waals surface area contributed by atoms with Crippen molar-refractivity contribution in [2.75, 3.05) is 45.8 Å². The monoisotopic (exact) mass is 590 g/mol. The van der Waals surface area contributed by atoms with Crippen molar-refractivity contribution in [2.24, 2.45) is 17.4 Å². The number of aliphatic hydroxyl groups is 1. The van der Waals surface area contributed by atoms with Gasteiger partial charge in [0.1, 0.15) is 11.9 Å². The molecule has 40 heavy (non-hydrogen) atoms. The van der Waals surface area contributed by atoms with Gasteiger partial charge in [0.25, 0.3) is 0 Å². The molecule has 0 rings (SSSR count). The fourth-order valence-corrected chi connectivity index (χ4v) is 5.81. The number of ketones is 1. The van der Waals surface area contributed by atoms with Gasteiger partial charge in [0.2, 0.25) is 0 Å². The SMILES string of the molecule is CCC(CCCN)CCC(O)CCCC(=O)OC(CCCC(=O)CCCOCCOC)CCC(CC)SCCN. The van der Waals surface area contributed by atoms with Crippen molar-refractivity contribution in [3.8, 4) is 0 Å². The maximum atomic E-state index is 12.7. The number of esters is 1. The molecule has 0 spiro atoms. The molecule has 238 valence electrons. The Bertz CT molecular complexity index is 598. The molecule has 0 amide bonds. The summed E-state index contributed by atoms with van der Waals surface area (Å²) in [5.41, 5.74) is 11.3. The number of nitrogens with two attached hydrogens (primary N) is 2. The minimum atomic E-state index is -0.378. The molecule has 0 aliphatic rings. The number of thioether (sulfide) groups is 1. The highest BCUT2D eigenvalue weighted by Crippen LogP contribution is 2.24. The topological polar surface area (TPSA) is 134 Å². The van der Waals surface area contributed by atoms with E-state index in [-0.39, 0.29) is 24.0 Å². The molecule has 5 N–H and O–H groups in total. The van der Waals surface area contributed by atoms with E-state index in [2.05, 4.69) is 13.8 Å². The number of aliphatic hydroxyl groups excluding tert-OH is 1. The number of rotatable bonds is 30.